The maximum absolute atomic E-state index is 12.8. The molecule has 0 bridgehead atoms. The number of hydrogen-bond acceptors (Lipinski definition) is 4. The second kappa shape index (κ2) is 8.31. The van der Waals surface area contributed by atoms with Crippen molar-refractivity contribution in [2.24, 2.45) is 0 Å². The maximum Gasteiger partial charge on any atom is 0.227 e. The fraction of sp³-hybridized carbons (Fsp3) is 0.350. The summed E-state index contributed by atoms with van der Waals surface area (Å²) in [6.45, 7) is 0.587. The first-order chi connectivity index (χ1) is 12.9. The molecule has 0 aliphatic carbocycles. The van der Waals surface area contributed by atoms with Gasteiger partial charge in [0, 0.05) is 18.1 Å². The molecule has 1 amide bonds. The van der Waals surface area contributed by atoms with Crippen LogP contribution >= 0.6 is 11.6 Å². The first-order valence-electron chi connectivity index (χ1n) is 8.77. The van der Waals surface area contributed by atoms with Crippen molar-refractivity contribution < 1.29 is 17.9 Å². The molecule has 5 nitrogen and oxygen atoms in total. The summed E-state index contributed by atoms with van der Waals surface area (Å²) < 4.78 is 30.7. The van der Waals surface area contributed by atoms with Crippen LogP contribution in [0.25, 0.3) is 0 Å². The highest BCUT2D eigenvalue weighted by Gasteiger charge is 2.33. The Labute approximate surface area is 164 Å². The first-order valence-corrected chi connectivity index (χ1v) is 10.9. The molecular weight excluding hydrogens is 386 g/mol. The van der Waals surface area contributed by atoms with E-state index in [-0.39, 0.29) is 24.6 Å². The Morgan fingerprint density at radius 3 is 2.70 bits per heavy atom. The Kier molecular flexibility index (Phi) is 6.07. The Balaban J connectivity index is 1.75. The van der Waals surface area contributed by atoms with Crippen LogP contribution in [0.4, 0.5) is 0 Å². The summed E-state index contributed by atoms with van der Waals surface area (Å²) in [5, 5.41) is -0.233. The van der Waals surface area contributed by atoms with Gasteiger partial charge in [-0.15, -0.1) is 0 Å². The standard InChI is InChI=1S/C20H22ClNO4S/c1-26-16-6-4-5-15(13-16)14-20(23)22-10-9-19(27(24,25)12-11-22)17-7-2-3-8-18(17)21/h2-8,13,19H,9-12,14H2,1H3. The summed E-state index contributed by atoms with van der Waals surface area (Å²) in [6, 6.07) is 14.3. The summed E-state index contributed by atoms with van der Waals surface area (Å²) in [4.78, 5) is 14.3. The predicted molar refractivity (Wildman–Crippen MR) is 106 cm³/mol. The van der Waals surface area contributed by atoms with Crippen LogP contribution in [0.2, 0.25) is 5.02 Å². The number of methoxy groups -OCH3 is 1. The predicted octanol–water partition coefficient (Wildman–Crippen LogP) is 3.28. The molecule has 1 atom stereocenters. The van der Waals surface area contributed by atoms with E-state index in [1.54, 1.807) is 36.3 Å². The molecule has 0 aromatic heterocycles. The van der Waals surface area contributed by atoms with Gasteiger partial charge in [-0.1, -0.05) is 41.9 Å². The van der Waals surface area contributed by atoms with E-state index in [0.717, 1.165) is 5.56 Å². The minimum atomic E-state index is -3.38. The van der Waals surface area contributed by atoms with Crippen molar-refractivity contribution in [3.8, 4) is 5.75 Å². The second-order valence-corrected chi connectivity index (χ2v) is 9.29. The largest absolute Gasteiger partial charge is 0.497 e. The summed E-state index contributed by atoms with van der Waals surface area (Å²) in [5.41, 5.74) is 1.45. The molecule has 0 radical (unpaired) electrons. The van der Waals surface area contributed by atoms with Crippen LogP contribution in [0.5, 0.6) is 5.75 Å². The van der Waals surface area contributed by atoms with E-state index in [0.29, 0.717) is 29.3 Å². The molecule has 2 aromatic rings. The van der Waals surface area contributed by atoms with E-state index >= 15 is 0 Å². The molecule has 27 heavy (non-hydrogen) atoms. The van der Waals surface area contributed by atoms with Crippen molar-refractivity contribution in [3.05, 3.63) is 64.7 Å². The number of amides is 1. The van der Waals surface area contributed by atoms with Crippen LogP contribution in [-0.4, -0.2) is 45.2 Å². The molecule has 0 N–H and O–H groups in total. The van der Waals surface area contributed by atoms with E-state index in [1.807, 2.05) is 24.3 Å². The number of carbonyl (C=O) groups is 1. The number of nitrogens with zero attached hydrogens (tertiary/aromatic N) is 1. The third kappa shape index (κ3) is 4.62. The number of ether oxygens (including phenoxy) is 1. The third-order valence-electron chi connectivity index (χ3n) is 4.83. The summed E-state index contributed by atoms with van der Waals surface area (Å²) in [6.07, 6.45) is 0.559. The monoisotopic (exact) mass is 407 g/mol. The van der Waals surface area contributed by atoms with Gasteiger partial charge in [-0.25, -0.2) is 8.42 Å². The lowest BCUT2D eigenvalue weighted by Gasteiger charge is -2.20. The van der Waals surface area contributed by atoms with Gasteiger partial charge in [0.05, 0.1) is 24.5 Å². The fourth-order valence-corrected chi connectivity index (χ4v) is 5.50. The van der Waals surface area contributed by atoms with E-state index < -0.39 is 15.1 Å². The zero-order valence-electron chi connectivity index (χ0n) is 15.1. The molecule has 1 saturated heterocycles. The Hall–Kier alpha value is -2.05. The highest BCUT2D eigenvalue weighted by molar-refractivity contribution is 7.91. The second-order valence-electron chi connectivity index (χ2n) is 6.57. The van der Waals surface area contributed by atoms with Gasteiger partial charge in [0.25, 0.3) is 0 Å². The molecule has 1 heterocycles. The summed E-state index contributed by atoms with van der Waals surface area (Å²) in [7, 11) is -1.81. The molecule has 1 unspecified atom stereocenters. The Bertz CT molecular complexity index is 929. The van der Waals surface area contributed by atoms with Gasteiger partial charge in [-0.05, 0) is 35.7 Å². The molecule has 3 rings (SSSR count). The third-order valence-corrected chi connectivity index (χ3v) is 7.29. The van der Waals surface area contributed by atoms with Crippen molar-refractivity contribution in [1.82, 2.24) is 4.90 Å². The van der Waals surface area contributed by atoms with Crippen molar-refractivity contribution in [1.29, 1.82) is 0 Å². The van der Waals surface area contributed by atoms with E-state index in [4.69, 9.17) is 16.3 Å². The van der Waals surface area contributed by atoms with E-state index in [1.165, 1.54) is 0 Å². The number of carbonyl (C=O) groups excluding carboxylic acids is 1. The summed E-state index contributed by atoms with van der Waals surface area (Å²) in [5.74, 6) is 0.544. The minimum absolute atomic E-state index is 0.0628. The van der Waals surface area contributed by atoms with Gasteiger partial charge >= 0.3 is 0 Å². The van der Waals surface area contributed by atoms with Crippen molar-refractivity contribution in [2.75, 3.05) is 26.0 Å². The lowest BCUT2D eigenvalue weighted by molar-refractivity contribution is -0.130. The molecule has 0 spiro atoms. The van der Waals surface area contributed by atoms with Gasteiger partial charge < -0.3 is 9.64 Å². The molecular formula is C20H22ClNO4S. The number of sulfone groups is 1. The first kappa shape index (κ1) is 19.7. The SMILES string of the molecule is COc1cccc(CC(=O)N2CCC(c3ccccc3Cl)S(=O)(=O)CC2)c1. The number of halogens is 1. The Morgan fingerprint density at radius 2 is 1.96 bits per heavy atom. The molecule has 1 aliphatic rings. The van der Waals surface area contributed by atoms with E-state index in [2.05, 4.69) is 0 Å². The highest BCUT2D eigenvalue weighted by atomic mass is 35.5. The topological polar surface area (TPSA) is 63.7 Å². The normalized spacial score (nSPS) is 19.3. The van der Waals surface area contributed by atoms with Gasteiger partial charge in [0.15, 0.2) is 9.84 Å². The number of rotatable bonds is 4. The minimum Gasteiger partial charge on any atom is -0.497 e. The molecule has 7 heteroatoms. The quantitative estimate of drug-likeness (QED) is 0.780. The van der Waals surface area contributed by atoms with Crippen molar-refractivity contribution >= 4 is 27.3 Å². The average Bonchev–Trinajstić information content (AvgIpc) is 2.80. The van der Waals surface area contributed by atoms with Crippen molar-refractivity contribution in [2.45, 2.75) is 18.1 Å². The smallest absolute Gasteiger partial charge is 0.227 e. The van der Waals surface area contributed by atoms with Crippen LogP contribution in [0.15, 0.2) is 48.5 Å². The summed E-state index contributed by atoms with van der Waals surface area (Å²) >= 11 is 6.22. The van der Waals surface area contributed by atoms with Gasteiger partial charge in [-0.3, -0.25) is 4.79 Å². The average molecular weight is 408 g/mol. The van der Waals surface area contributed by atoms with Crippen LogP contribution in [0.1, 0.15) is 22.8 Å². The van der Waals surface area contributed by atoms with Gasteiger partial charge in [0.2, 0.25) is 5.91 Å². The maximum atomic E-state index is 12.8. The lowest BCUT2D eigenvalue weighted by Crippen LogP contribution is -2.34. The molecule has 0 saturated carbocycles. The fourth-order valence-electron chi connectivity index (χ4n) is 3.35. The molecule has 144 valence electrons. The number of hydrogen-bond donors (Lipinski definition) is 0. The van der Waals surface area contributed by atoms with Crippen molar-refractivity contribution in [3.63, 3.8) is 0 Å². The van der Waals surface area contributed by atoms with Crippen LogP contribution in [0.3, 0.4) is 0 Å². The van der Waals surface area contributed by atoms with Gasteiger partial charge in [0.1, 0.15) is 5.75 Å². The zero-order chi connectivity index (χ0) is 19.4. The lowest BCUT2D eigenvalue weighted by atomic mass is 10.1. The van der Waals surface area contributed by atoms with E-state index in [9.17, 15) is 13.2 Å². The highest BCUT2D eigenvalue weighted by Crippen LogP contribution is 2.34. The zero-order valence-corrected chi connectivity index (χ0v) is 16.7. The molecule has 1 aliphatic heterocycles. The molecule has 1 fully saturated rings. The number of benzene rings is 2. The Morgan fingerprint density at radius 1 is 1.19 bits per heavy atom. The van der Waals surface area contributed by atoms with Crippen LogP contribution in [-0.2, 0) is 21.1 Å². The van der Waals surface area contributed by atoms with Crippen LogP contribution in [0, 0.1) is 0 Å². The van der Waals surface area contributed by atoms with Crippen LogP contribution < -0.4 is 4.74 Å². The van der Waals surface area contributed by atoms with Gasteiger partial charge in [-0.2, -0.15) is 0 Å². The molecule has 2 aromatic carbocycles.